The normalized spacial score (nSPS) is 11.2. The van der Waals surface area contributed by atoms with Gasteiger partial charge >= 0.3 is 0 Å². The Morgan fingerprint density at radius 3 is 0.985 bits per heavy atom. The fourth-order valence-electron chi connectivity index (χ4n) is 14.2. The summed E-state index contributed by atoms with van der Waals surface area (Å²) in [5, 5.41) is 18.2. The van der Waals surface area contributed by atoms with Gasteiger partial charge in [-0.15, -0.1) is 0 Å². The van der Waals surface area contributed by atoms with Crippen LogP contribution in [0.25, 0.3) is 106 Å². The van der Waals surface area contributed by atoms with Crippen LogP contribution in [0.15, 0.2) is 418 Å². The average molecular weight is 1780 g/mol. The van der Waals surface area contributed by atoms with E-state index in [4.69, 9.17) is 29.7 Å². The van der Waals surface area contributed by atoms with Gasteiger partial charge in [-0.1, -0.05) is 161 Å². The molecule has 0 atom stereocenters. The zero-order valence-electron chi connectivity index (χ0n) is 67.7. The third kappa shape index (κ3) is 19.8. The Bertz CT molecular complexity index is 7480. The van der Waals surface area contributed by atoms with Gasteiger partial charge < -0.3 is 34.2 Å². The van der Waals surface area contributed by atoms with Gasteiger partial charge in [-0.05, 0) is 273 Å². The number of hydrogen-bond acceptors (Lipinski definition) is 15. The minimum atomic E-state index is -3.86. The first-order valence-corrected chi connectivity index (χ1v) is 44.3. The van der Waals surface area contributed by atoms with E-state index in [9.17, 15) is 38.8 Å². The molecule has 0 spiro atoms. The van der Waals surface area contributed by atoms with Crippen molar-refractivity contribution in [3.63, 3.8) is 0 Å². The number of halogens is 2. The van der Waals surface area contributed by atoms with Gasteiger partial charge in [-0.2, -0.15) is 0 Å². The van der Waals surface area contributed by atoms with Crippen molar-refractivity contribution in [2.75, 3.05) is 0 Å². The fraction of sp³-hybridized carbons (Fsp3) is 0.0472. The van der Waals surface area contributed by atoms with Crippen LogP contribution in [0.2, 0.25) is 0 Å². The summed E-state index contributed by atoms with van der Waals surface area (Å²) in [5.41, 5.74) is 16.5. The van der Waals surface area contributed by atoms with Gasteiger partial charge in [0.1, 0.15) is 69.4 Å². The summed E-state index contributed by atoms with van der Waals surface area (Å²) in [6.07, 6.45) is 0. The maximum atomic E-state index is 13.9. The van der Waals surface area contributed by atoms with Crippen LogP contribution in [0.3, 0.4) is 0 Å². The number of sulfone groups is 3. The molecule has 0 saturated carbocycles. The molecule has 4 aromatic heterocycles. The van der Waals surface area contributed by atoms with E-state index in [-0.39, 0.29) is 68.9 Å². The number of carbonyl (C=O) groups excluding carboxylic acids is 1. The molecule has 0 saturated heterocycles. The first-order valence-electron chi connectivity index (χ1n) is 39.8. The van der Waals surface area contributed by atoms with Gasteiger partial charge in [0.2, 0.25) is 29.5 Å². The lowest BCUT2D eigenvalue weighted by molar-refractivity contribution is 0.103. The number of phenolic OH excluding ortho intramolecular Hbond substituents is 2. The van der Waals surface area contributed by atoms with Crippen LogP contribution in [0.4, 0.5) is 8.78 Å². The lowest BCUT2D eigenvalue weighted by Gasteiger charge is -2.12. The quantitative estimate of drug-likeness (QED) is 0.0459. The number of ketones is 1. The van der Waals surface area contributed by atoms with Crippen LogP contribution < -0.4 is 9.47 Å². The van der Waals surface area contributed by atoms with Crippen molar-refractivity contribution in [1.82, 2.24) is 39.0 Å². The topological polar surface area (TPSA) is 271 Å². The number of nitrogens with zero attached hydrogens (tertiary/aromatic N) is 6. The van der Waals surface area contributed by atoms with E-state index in [2.05, 4.69) is 71.5 Å². The van der Waals surface area contributed by atoms with Crippen LogP contribution in [0, 0.1) is 18.6 Å². The van der Waals surface area contributed by atoms with Crippen molar-refractivity contribution in [2.45, 2.75) is 58.6 Å². The van der Waals surface area contributed by atoms with Crippen molar-refractivity contribution in [3.8, 4) is 96.9 Å². The van der Waals surface area contributed by atoms with Gasteiger partial charge in [0.05, 0.1) is 73.5 Å². The zero-order valence-corrected chi connectivity index (χ0v) is 70.1. The smallest absolute Gasteiger partial charge is 0.206 e. The van der Waals surface area contributed by atoms with Gasteiger partial charge in [0, 0.05) is 46.1 Å². The number of hydrogen-bond donors (Lipinski definition) is 4. The lowest BCUT2D eigenvalue weighted by Crippen LogP contribution is -2.03. The molecule has 0 aliphatic carbocycles. The van der Waals surface area contributed by atoms with Crippen LogP contribution in [-0.2, 0) is 36.6 Å². The number of rotatable bonds is 18. The summed E-state index contributed by atoms with van der Waals surface area (Å²) >= 11 is 0. The number of aromatic nitrogens is 8. The molecule has 648 valence electrons. The molecule has 19 nitrogen and oxygen atoms in total. The standard InChI is InChI=1S/C58H42N4O6S2.C20H14N4.C13H10O3.C12H8F2O2S.3CH4/c1-39-11-31-49(32-12-39)69(63,64)51-35-27-47(28-36-51)67-45-23-17-40(18-24-45)41-19-25-46(26-20-41)68-48-29-37-52(38-30-48)70(65,66)50-33-21-44(22-34-50)62-56-10-6-4-8-54(56)60-58(62)43-15-13-42(14-16-43)57-59-53-7-3-5-9-55(53)61(57)2;1-2-6-16-15(5-1)21-19(22-16)13-9-11-14(12-10-13)20-23-17-7-3-4-8-18(17)24-20;14-11-5-1-9(2-6-11)13(16)10-3-7-12(15)8-4-10;13-9-1-5-11(6-2-9)17(15,16)12-7-3-10(14)4-8-12;;;/h3-38H,1-2H3;1-12H,(H,21,22)(H,23,24);1-8,14-15H;1-8H;3*1H4. The predicted octanol–water partition coefficient (Wildman–Crippen LogP) is 25.3. The Labute approximate surface area is 751 Å². The zero-order chi connectivity index (χ0) is 87.9. The number of aromatic hydroxyl groups is 2. The van der Waals surface area contributed by atoms with E-state index >= 15 is 0 Å². The van der Waals surface area contributed by atoms with E-state index in [0.717, 1.165) is 136 Å². The molecular weight excluding hydrogens is 1700 g/mol. The minimum absolute atomic E-state index is 0. The molecule has 16 aromatic carbocycles. The Morgan fingerprint density at radius 1 is 0.315 bits per heavy atom. The second-order valence-corrected chi connectivity index (χ2v) is 35.3. The Balaban J connectivity index is 0.000000182. The predicted molar refractivity (Wildman–Crippen MR) is 508 cm³/mol. The Morgan fingerprint density at radius 2 is 0.608 bits per heavy atom. The number of ether oxygens (including phenoxy) is 2. The molecular formula is C106H86F2N8O11S3. The second-order valence-electron chi connectivity index (χ2n) is 29.4. The second kappa shape index (κ2) is 38.8. The molecule has 4 N–H and O–H groups in total. The molecule has 0 unspecified atom stereocenters. The number of fused-ring (bicyclic) bond motifs is 4. The van der Waals surface area contributed by atoms with Crippen LogP contribution >= 0.6 is 0 Å². The molecule has 0 fully saturated rings. The van der Waals surface area contributed by atoms with Crippen molar-refractivity contribution < 1.29 is 58.5 Å². The lowest BCUT2D eigenvalue weighted by atomic mass is 10.0. The van der Waals surface area contributed by atoms with Gasteiger partial charge in [-0.25, -0.2) is 54.0 Å². The number of para-hydroxylation sites is 8. The number of benzene rings is 16. The summed E-state index contributed by atoms with van der Waals surface area (Å²) in [7, 11) is -9.18. The van der Waals surface area contributed by atoms with Crippen molar-refractivity contribution >= 4 is 79.4 Å². The third-order valence-electron chi connectivity index (χ3n) is 21.0. The van der Waals surface area contributed by atoms with E-state index in [0.29, 0.717) is 34.1 Å². The third-order valence-corrected chi connectivity index (χ3v) is 26.3. The Kier molecular flexibility index (Phi) is 27.0. The minimum Gasteiger partial charge on any atom is -0.508 e. The maximum Gasteiger partial charge on any atom is 0.206 e. The van der Waals surface area contributed by atoms with E-state index in [1.54, 1.807) is 109 Å². The highest BCUT2D eigenvalue weighted by atomic mass is 32.2. The van der Waals surface area contributed by atoms with Gasteiger partial charge in [0.15, 0.2) is 5.78 Å². The molecule has 0 bridgehead atoms. The fourth-order valence-corrected chi connectivity index (χ4v) is 18.0. The number of phenols is 2. The highest BCUT2D eigenvalue weighted by Gasteiger charge is 2.24. The summed E-state index contributed by atoms with van der Waals surface area (Å²) in [6, 6.07) is 111. The first-order chi connectivity index (χ1) is 61.5. The maximum absolute atomic E-state index is 13.9. The molecule has 0 radical (unpaired) electrons. The largest absolute Gasteiger partial charge is 0.508 e. The number of imidazole rings is 4. The molecule has 0 amide bonds. The van der Waals surface area contributed by atoms with Gasteiger partial charge in [-0.3, -0.25) is 9.36 Å². The molecule has 0 aliphatic rings. The average Bonchev–Trinajstić information content (AvgIpc) is 1.61. The van der Waals surface area contributed by atoms with E-state index in [1.807, 2.05) is 178 Å². The van der Waals surface area contributed by atoms with Crippen LogP contribution in [0.5, 0.6) is 34.5 Å². The highest BCUT2D eigenvalue weighted by molar-refractivity contribution is 7.92. The molecule has 24 heteroatoms. The number of carbonyl (C=O) groups is 1. The number of aryl methyl sites for hydroxylation is 2. The summed E-state index contributed by atoms with van der Waals surface area (Å²) in [4.78, 5) is 38.5. The van der Waals surface area contributed by atoms with Crippen molar-refractivity contribution in [3.05, 3.63) is 417 Å². The first kappa shape index (κ1) is 90.2. The molecule has 4 heterocycles. The molecule has 130 heavy (non-hydrogen) atoms. The SMILES string of the molecule is C.C.C.Cc1ccc(S(=O)(=O)c2ccc(Oc3ccc(-c4ccc(Oc5ccc(S(=O)(=O)c6ccc(-n7c(-c8ccc(-c9nc%10ccccc%10n9C)cc8)nc8ccccc87)cc6)cc5)cc4)cc3)cc2)cc1.O=C(c1ccc(O)cc1)c1ccc(O)cc1.O=S(=O)(c1ccc(F)cc1)c1ccc(F)cc1.c1ccc2[nH]c(-c3ccc(-c4nc5ccccc5[nH]4)cc3)nc2c1. The number of nitrogens with one attached hydrogen (secondary N) is 2. The molecule has 0 aliphatic heterocycles. The van der Waals surface area contributed by atoms with Gasteiger partial charge in [0.25, 0.3) is 0 Å². The van der Waals surface area contributed by atoms with Crippen molar-refractivity contribution in [1.29, 1.82) is 0 Å². The van der Waals surface area contributed by atoms with E-state index < -0.39 is 41.1 Å². The summed E-state index contributed by atoms with van der Waals surface area (Å²) in [5.74, 6) is 4.66. The van der Waals surface area contributed by atoms with Crippen LogP contribution in [-0.4, -0.2) is 80.3 Å². The monoisotopic (exact) mass is 1780 g/mol. The van der Waals surface area contributed by atoms with E-state index in [1.165, 1.54) is 48.5 Å². The molecule has 20 rings (SSSR count). The molecule has 20 aromatic rings. The number of H-pyrrole nitrogens is 2. The Hall–Kier alpha value is -16.0. The van der Waals surface area contributed by atoms with Crippen molar-refractivity contribution in [2.24, 2.45) is 7.05 Å². The summed E-state index contributed by atoms with van der Waals surface area (Å²) in [6.45, 7) is 1.91. The highest BCUT2D eigenvalue weighted by Crippen LogP contribution is 2.37. The van der Waals surface area contributed by atoms with Crippen LogP contribution in [0.1, 0.15) is 43.8 Å². The summed E-state index contributed by atoms with van der Waals surface area (Å²) < 4.78 is 120. The number of aromatic amines is 2.